The number of imide groups is 1. The number of piperidine rings is 1. The summed E-state index contributed by atoms with van der Waals surface area (Å²) in [6.45, 7) is 0.413. The van der Waals surface area contributed by atoms with Crippen LogP contribution in [0.15, 0.2) is 18.2 Å². The van der Waals surface area contributed by atoms with E-state index in [9.17, 15) is 14.4 Å². The number of hydrogen-bond donors (Lipinski definition) is 3. The van der Waals surface area contributed by atoms with Gasteiger partial charge in [0.25, 0.3) is 5.91 Å². The molecule has 0 spiro atoms. The predicted octanol–water partition coefficient (Wildman–Crippen LogP) is 1.39. The molecule has 1 aromatic carbocycles. The fourth-order valence-corrected chi connectivity index (χ4v) is 4.53. The van der Waals surface area contributed by atoms with Gasteiger partial charge in [-0.2, -0.15) is 0 Å². The molecule has 27 heavy (non-hydrogen) atoms. The fraction of sp³-hybridized carbons (Fsp3) is 0.550. The van der Waals surface area contributed by atoms with Crippen LogP contribution in [0.25, 0.3) is 0 Å². The zero-order valence-corrected chi connectivity index (χ0v) is 15.6. The minimum atomic E-state index is -0.564. The maximum atomic E-state index is 12.8. The van der Waals surface area contributed by atoms with Crippen LogP contribution >= 0.6 is 0 Å². The second kappa shape index (κ2) is 7.31. The first-order chi connectivity index (χ1) is 13.1. The molecule has 0 radical (unpaired) electrons. The van der Waals surface area contributed by atoms with E-state index in [0.29, 0.717) is 30.6 Å². The molecule has 7 heteroatoms. The number of benzene rings is 1. The van der Waals surface area contributed by atoms with E-state index in [4.69, 9.17) is 0 Å². The van der Waals surface area contributed by atoms with Crippen LogP contribution in [0.5, 0.6) is 0 Å². The van der Waals surface area contributed by atoms with Gasteiger partial charge in [-0.15, -0.1) is 0 Å². The summed E-state index contributed by atoms with van der Waals surface area (Å²) >= 11 is 0. The molecule has 3 N–H and O–H groups in total. The van der Waals surface area contributed by atoms with Crippen molar-refractivity contribution in [3.63, 3.8) is 0 Å². The van der Waals surface area contributed by atoms with Gasteiger partial charge in [-0.3, -0.25) is 19.7 Å². The van der Waals surface area contributed by atoms with Gasteiger partial charge in [-0.1, -0.05) is 12.8 Å². The van der Waals surface area contributed by atoms with Crippen molar-refractivity contribution in [2.75, 3.05) is 12.4 Å². The van der Waals surface area contributed by atoms with Crippen molar-refractivity contribution in [1.29, 1.82) is 0 Å². The zero-order chi connectivity index (χ0) is 19.0. The summed E-state index contributed by atoms with van der Waals surface area (Å²) in [4.78, 5) is 37.9. The minimum absolute atomic E-state index is 0.128. The number of anilines is 1. The van der Waals surface area contributed by atoms with Gasteiger partial charge >= 0.3 is 0 Å². The lowest BCUT2D eigenvalue weighted by Crippen LogP contribution is -2.52. The van der Waals surface area contributed by atoms with Crippen molar-refractivity contribution in [3.05, 3.63) is 29.3 Å². The highest BCUT2D eigenvalue weighted by Crippen LogP contribution is 2.30. The van der Waals surface area contributed by atoms with E-state index in [0.717, 1.165) is 17.7 Å². The maximum absolute atomic E-state index is 12.8. The van der Waals surface area contributed by atoms with Gasteiger partial charge in [0.15, 0.2) is 0 Å². The van der Waals surface area contributed by atoms with Crippen molar-refractivity contribution < 1.29 is 14.4 Å². The molecular weight excluding hydrogens is 344 g/mol. The van der Waals surface area contributed by atoms with Crippen LogP contribution in [0, 0.1) is 0 Å². The lowest BCUT2D eigenvalue weighted by atomic mass is 9.90. The summed E-state index contributed by atoms with van der Waals surface area (Å²) < 4.78 is 0. The Hall–Kier alpha value is -2.41. The predicted molar refractivity (Wildman–Crippen MR) is 101 cm³/mol. The van der Waals surface area contributed by atoms with Crippen molar-refractivity contribution in [2.24, 2.45) is 0 Å². The van der Waals surface area contributed by atoms with E-state index in [-0.39, 0.29) is 24.1 Å². The van der Waals surface area contributed by atoms with E-state index in [1.54, 1.807) is 4.90 Å². The molecule has 2 fully saturated rings. The minimum Gasteiger partial charge on any atom is -0.381 e. The van der Waals surface area contributed by atoms with E-state index in [1.165, 1.54) is 19.3 Å². The van der Waals surface area contributed by atoms with Crippen molar-refractivity contribution in [1.82, 2.24) is 15.5 Å². The molecule has 3 aliphatic rings. The van der Waals surface area contributed by atoms with Crippen molar-refractivity contribution in [3.8, 4) is 0 Å². The van der Waals surface area contributed by atoms with E-state index in [1.807, 2.05) is 25.2 Å². The molecule has 2 heterocycles. The van der Waals surface area contributed by atoms with Crippen LogP contribution in [0.1, 0.15) is 54.4 Å². The van der Waals surface area contributed by atoms with E-state index < -0.39 is 6.04 Å². The Morgan fingerprint density at radius 2 is 1.85 bits per heavy atom. The van der Waals surface area contributed by atoms with Gasteiger partial charge in [0.1, 0.15) is 6.04 Å². The molecular formula is C20H26N4O3. The van der Waals surface area contributed by atoms with E-state index in [2.05, 4.69) is 16.0 Å². The Morgan fingerprint density at radius 3 is 2.59 bits per heavy atom. The summed E-state index contributed by atoms with van der Waals surface area (Å²) in [5.74, 6) is -0.764. The van der Waals surface area contributed by atoms with Gasteiger partial charge in [-0.25, -0.2) is 0 Å². The average Bonchev–Trinajstić information content (AvgIpc) is 2.98. The highest BCUT2D eigenvalue weighted by atomic mass is 16.2. The van der Waals surface area contributed by atoms with Crippen LogP contribution in [-0.4, -0.2) is 47.8 Å². The first-order valence-electron chi connectivity index (χ1n) is 9.78. The number of fused-ring (bicyclic) bond motifs is 1. The molecule has 3 atom stereocenters. The molecule has 1 aliphatic carbocycles. The molecule has 1 saturated carbocycles. The molecule has 1 saturated heterocycles. The van der Waals surface area contributed by atoms with Crippen LogP contribution in [0.2, 0.25) is 0 Å². The number of nitrogens with one attached hydrogen (secondary N) is 3. The first kappa shape index (κ1) is 18.0. The molecule has 4 rings (SSSR count). The Kier molecular flexibility index (Phi) is 4.86. The fourth-order valence-electron chi connectivity index (χ4n) is 4.53. The van der Waals surface area contributed by atoms with Gasteiger partial charge < -0.3 is 15.5 Å². The molecule has 144 valence electrons. The Labute approximate surface area is 158 Å². The maximum Gasteiger partial charge on any atom is 0.255 e. The number of likely N-dealkylation sites (N-methyl/N-ethyl adjacent to an activating group) is 1. The van der Waals surface area contributed by atoms with Crippen LogP contribution < -0.4 is 16.0 Å². The third kappa shape index (κ3) is 3.43. The SMILES string of the molecule is CN[C@@H]1CCCC[C@H]1Nc1ccc2c(c1)CN(C1CCC(=O)NC1=O)C2=O. The molecule has 2 aliphatic heterocycles. The molecule has 0 bridgehead atoms. The summed E-state index contributed by atoms with van der Waals surface area (Å²) in [5, 5.41) is 9.35. The van der Waals surface area contributed by atoms with E-state index >= 15 is 0 Å². The number of hydrogen-bond acceptors (Lipinski definition) is 5. The second-order valence-electron chi connectivity index (χ2n) is 7.70. The summed E-state index contributed by atoms with van der Waals surface area (Å²) in [5.41, 5.74) is 2.60. The first-order valence-corrected chi connectivity index (χ1v) is 9.78. The normalized spacial score (nSPS) is 28.1. The zero-order valence-electron chi connectivity index (χ0n) is 15.6. The third-order valence-corrected chi connectivity index (χ3v) is 6.01. The van der Waals surface area contributed by atoms with Gasteiger partial charge in [-0.05, 0) is 50.1 Å². The van der Waals surface area contributed by atoms with Crippen LogP contribution in [-0.2, 0) is 16.1 Å². The number of carbonyl (C=O) groups excluding carboxylic acids is 3. The van der Waals surface area contributed by atoms with Gasteiger partial charge in [0.2, 0.25) is 11.8 Å². The largest absolute Gasteiger partial charge is 0.381 e. The van der Waals surface area contributed by atoms with Crippen LogP contribution in [0.4, 0.5) is 5.69 Å². The smallest absolute Gasteiger partial charge is 0.255 e. The Bertz CT molecular complexity index is 778. The lowest BCUT2D eigenvalue weighted by molar-refractivity contribution is -0.136. The third-order valence-electron chi connectivity index (χ3n) is 6.01. The summed E-state index contributed by atoms with van der Waals surface area (Å²) in [6, 6.07) is 6.10. The highest BCUT2D eigenvalue weighted by Gasteiger charge is 2.39. The number of amides is 3. The monoisotopic (exact) mass is 370 g/mol. The molecule has 1 aromatic rings. The topological polar surface area (TPSA) is 90.5 Å². The molecule has 3 amide bonds. The van der Waals surface area contributed by atoms with Crippen molar-refractivity contribution in [2.45, 2.75) is 63.2 Å². The van der Waals surface area contributed by atoms with Gasteiger partial charge in [0.05, 0.1) is 0 Å². The highest BCUT2D eigenvalue weighted by molar-refractivity contribution is 6.05. The quantitative estimate of drug-likeness (QED) is 0.697. The second-order valence-corrected chi connectivity index (χ2v) is 7.70. The standard InChI is InChI=1S/C20H26N4O3/c1-21-15-4-2-3-5-16(15)22-13-6-7-14-12(10-13)11-24(20(14)27)17-8-9-18(25)23-19(17)26/h6-7,10,15-17,21-22H,2-5,8-9,11H2,1H3,(H,23,25,26)/t15-,16-,17?/m1/s1. The lowest BCUT2D eigenvalue weighted by Gasteiger charge is -2.32. The number of rotatable bonds is 4. The Balaban J connectivity index is 1.49. The summed E-state index contributed by atoms with van der Waals surface area (Å²) in [7, 11) is 2.00. The number of carbonyl (C=O) groups is 3. The average molecular weight is 370 g/mol. The summed E-state index contributed by atoms with van der Waals surface area (Å²) in [6.07, 6.45) is 5.44. The Morgan fingerprint density at radius 1 is 1.07 bits per heavy atom. The molecule has 0 aromatic heterocycles. The van der Waals surface area contributed by atoms with Gasteiger partial charge in [0, 0.05) is 36.3 Å². The van der Waals surface area contributed by atoms with Crippen molar-refractivity contribution >= 4 is 23.4 Å². The molecule has 7 nitrogen and oxygen atoms in total. The molecule has 1 unspecified atom stereocenters. The van der Waals surface area contributed by atoms with Crippen LogP contribution in [0.3, 0.4) is 0 Å². The number of nitrogens with zero attached hydrogens (tertiary/aromatic N) is 1.